The van der Waals surface area contributed by atoms with Crippen LogP contribution < -0.4 is 11.1 Å². The number of carbonyl (C=O) groups excluding carboxylic acids is 2. The number of halogens is 1. The molecule has 0 atom stereocenters. The van der Waals surface area contributed by atoms with Crippen LogP contribution in [-0.2, 0) is 10.3 Å². The van der Waals surface area contributed by atoms with Crippen molar-refractivity contribution in [2.24, 2.45) is 11.7 Å². The average molecular weight is 380 g/mol. The maximum absolute atomic E-state index is 12.7. The zero-order chi connectivity index (χ0) is 16.4. The molecule has 1 heterocycles. The van der Waals surface area contributed by atoms with E-state index in [0.717, 1.165) is 23.7 Å². The van der Waals surface area contributed by atoms with Crippen LogP contribution in [0.5, 0.6) is 0 Å². The maximum Gasteiger partial charge on any atom is 0.314 e. The lowest BCUT2D eigenvalue weighted by atomic mass is 9.71. The van der Waals surface area contributed by atoms with Gasteiger partial charge in [0.25, 0.3) is 0 Å². The van der Waals surface area contributed by atoms with Gasteiger partial charge in [-0.25, -0.2) is 4.79 Å². The van der Waals surface area contributed by atoms with Crippen molar-refractivity contribution >= 4 is 27.9 Å². The summed E-state index contributed by atoms with van der Waals surface area (Å²) in [4.78, 5) is 25.4. The number of nitrogens with two attached hydrogens (primary N) is 1. The molecule has 2 fully saturated rings. The van der Waals surface area contributed by atoms with Crippen molar-refractivity contribution in [3.8, 4) is 0 Å². The lowest BCUT2D eigenvalue weighted by molar-refractivity contribution is -0.129. The molecule has 6 heteroatoms. The maximum atomic E-state index is 12.7. The largest absolute Gasteiger partial charge is 0.351 e. The van der Waals surface area contributed by atoms with Gasteiger partial charge in [0.1, 0.15) is 0 Å². The van der Waals surface area contributed by atoms with Crippen LogP contribution in [0.25, 0.3) is 0 Å². The Kier molecular flexibility index (Phi) is 4.62. The third kappa shape index (κ3) is 3.37. The predicted molar refractivity (Wildman–Crippen MR) is 91.7 cm³/mol. The predicted octanol–water partition coefficient (Wildman–Crippen LogP) is 2.74. The van der Waals surface area contributed by atoms with Gasteiger partial charge in [0.15, 0.2) is 0 Å². The molecule has 2 aliphatic rings. The van der Waals surface area contributed by atoms with Crippen LogP contribution >= 0.6 is 15.9 Å². The van der Waals surface area contributed by atoms with Crippen molar-refractivity contribution in [1.29, 1.82) is 0 Å². The van der Waals surface area contributed by atoms with Gasteiger partial charge >= 0.3 is 6.03 Å². The second-order valence-electron chi connectivity index (χ2n) is 6.53. The molecule has 0 spiro atoms. The van der Waals surface area contributed by atoms with E-state index < -0.39 is 6.03 Å². The fraction of sp³-hybridized carbons (Fsp3) is 0.529. The number of amides is 3. The first-order valence-electron chi connectivity index (χ1n) is 8.13. The summed E-state index contributed by atoms with van der Waals surface area (Å²) in [7, 11) is 0. The van der Waals surface area contributed by atoms with Gasteiger partial charge in [0.2, 0.25) is 5.91 Å². The van der Waals surface area contributed by atoms with Crippen LogP contribution in [-0.4, -0.2) is 29.9 Å². The quantitative estimate of drug-likeness (QED) is 0.846. The van der Waals surface area contributed by atoms with Gasteiger partial charge in [-0.2, -0.15) is 0 Å². The third-order valence-electron chi connectivity index (χ3n) is 5.14. The number of nitrogens with zero attached hydrogens (tertiary/aromatic N) is 1. The molecule has 0 aromatic heterocycles. The summed E-state index contributed by atoms with van der Waals surface area (Å²) in [6.45, 7) is 1.14. The van der Waals surface area contributed by atoms with Gasteiger partial charge in [-0.05, 0) is 49.8 Å². The van der Waals surface area contributed by atoms with Gasteiger partial charge in [-0.15, -0.1) is 0 Å². The zero-order valence-electron chi connectivity index (χ0n) is 13.1. The second-order valence-corrected chi connectivity index (χ2v) is 7.45. The molecule has 3 rings (SSSR count). The number of hydrogen-bond donors (Lipinski definition) is 2. The number of urea groups is 1. The first-order chi connectivity index (χ1) is 11.0. The summed E-state index contributed by atoms with van der Waals surface area (Å²) < 4.78 is 1.04. The molecule has 1 aromatic carbocycles. The van der Waals surface area contributed by atoms with Crippen molar-refractivity contribution in [3.05, 3.63) is 34.3 Å². The summed E-state index contributed by atoms with van der Waals surface area (Å²) in [5.41, 5.74) is 6.26. The first kappa shape index (κ1) is 16.3. The topological polar surface area (TPSA) is 75.4 Å². The highest BCUT2D eigenvalue weighted by Gasteiger charge is 2.41. The molecule has 1 saturated heterocycles. The summed E-state index contributed by atoms with van der Waals surface area (Å²) in [5.74, 6) is 0.0789. The van der Waals surface area contributed by atoms with Crippen molar-refractivity contribution in [3.63, 3.8) is 0 Å². The van der Waals surface area contributed by atoms with Crippen molar-refractivity contribution in [1.82, 2.24) is 10.2 Å². The minimum absolute atomic E-state index is 0.0291. The number of piperidine rings is 1. The lowest BCUT2D eigenvalue weighted by Gasteiger charge is -2.44. The van der Waals surface area contributed by atoms with E-state index in [4.69, 9.17) is 5.73 Å². The van der Waals surface area contributed by atoms with Gasteiger partial charge in [-0.1, -0.05) is 28.1 Å². The van der Waals surface area contributed by atoms with E-state index in [0.29, 0.717) is 25.9 Å². The van der Waals surface area contributed by atoms with E-state index in [1.54, 1.807) is 4.90 Å². The Balaban J connectivity index is 1.64. The Morgan fingerprint density at radius 3 is 2.26 bits per heavy atom. The number of primary amides is 1. The molecule has 1 saturated carbocycles. The van der Waals surface area contributed by atoms with Gasteiger partial charge in [0.05, 0.1) is 5.54 Å². The second kappa shape index (κ2) is 6.51. The molecule has 23 heavy (non-hydrogen) atoms. The van der Waals surface area contributed by atoms with Crippen LogP contribution in [0.3, 0.4) is 0 Å². The van der Waals surface area contributed by atoms with Gasteiger partial charge in [0, 0.05) is 23.5 Å². The van der Waals surface area contributed by atoms with Gasteiger partial charge in [-0.3, -0.25) is 4.79 Å². The van der Waals surface area contributed by atoms with Crippen molar-refractivity contribution in [2.45, 2.75) is 37.6 Å². The van der Waals surface area contributed by atoms with E-state index in [1.165, 1.54) is 5.56 Å². The first-order valence-corrected chi connectivity index (χ1v) is 8.92. The Labute approximate surface area is 144 Å². The normalized spacial score (nSPS) is 20.7. The SMILES string of the molecule is NC(=O)N1CCC(C(=O)NC2(c3ccc(Br)cc3)CCC2)CC1. The minimum atomic E-state index is -0.394. The van der Waals surface area contributed by atoms with Crippen molar-refractivity contribution in [2.75, 3.05) is 13.1 Å². The van der Waals surface area contributed by atoms with Crippen molar-refractivity contribution < 1.29 is 9.59 Å². The number of rotatable bonds is 3. The average Bonchev–Trinajstić information content (AvgIpc) is 2.52. The van der Waals surface area contributed by atoms with Crippen LogP contribution in [0, 0.1) is 5.92 Å². The highest BCUT2D eigenvalue weighted by Crippen LogP contribution is 2.42. The highest BCUT2D eigenvalue weighted by molar-refractivity contribution is 9.10. The zero-order valence-corrected chi connectivity index (χ0v) is 14.6. The molecule has 1 aromatic rings. The van der Waals surface area contributed by atoms with E-state index in [-0.39, 0.29) is 17.4 Å². The van der Waals surface area contributed by atoms with E-state index in [2.05, 4.69) is 33.4 Å². The van der Waals surface area contributed by atoms with E-state index in [1.807, 2.05) is 12.1 Å². The number of hydrogen-bond acceptors (Lipinski definition) is 2. The Bertz CT molecular complexity index is 590. The van der Waals surface area contributed by atoms with Gasteiger partial charge < -0.3 is 16.0 Å². The molecule has 0 bridgehead atoms. The van der Waals surface area contributed by atoms with Crippen LogP contribution in [0.15, 0.2) is 28.7 Å². The number of likely N-dealkylation sites (tertiary alicyclic amines) is 1. The molecule has 0 radical (unpaired) electrons. The molecule has 0 unspecified atom stereocenters. The summed E-state index contributed by atoms with van der Waals surface area (Å²) >= 11 is 3.45. The molecule has 1 aliphatic heterocycles. The Morgan fingerprint density at radius 2 is 1.78 bits per heavy atom. The Morgan fingerprint density at radius 1 is 1.17 bits per heavy atom. The molecular formula is C17H22BrN3O2. The Hall–Kier alpha value is -1.56. The monoisotopic (exact) mass is 379 g/mol. The fourth-order valence-corrected chi connectivity index (χ4v) is 3.75. The van der Waals surface area contributed by atoms with Crippen LogP contribution in [0.4, 0.5) is 4.79 Å². The molecule has 1 aliphatic carbocycles. The smallest absolute Gasteiger partial charge is 0.314 e. The van der Waals surface area contributed by atoms with E-state index in [9.17, 15) is 9.59 Å². The van der Waals surface area contributed by atoms with Crippen LogP contribution in [0.2, 0.25) is 0 Å². The standard InChI is InChI=1S/C17H22BrN3O2/c18-14-4-2-13(3-5-14)17(8-1-9-17)20-15(22)12-6-10-21(11-7-12)16(19)23/h2-5,12H,1,6-11H2,(H2,19,23)(H,20,22). The fourth-order valence-electron chi connectivity index (χ4n) is 3.49. The third-order valence-corrected chi connectivity index (χ3v) is 5.67. The number of carbonyl (C=O) groups is 2. The summed E-state index contributed by atoms with van der Waals surface area (Å²) in [6.07, 6.45) is 4.48. The van der Waals surface area contributed by atoms with E-state index >= 15 is 0 Å². The molecule has 5 nitrogen and oxygen atoms in total. The molecule has 124 valence electrons. The highest BCUT2D eigenvalue weighted by atomic mass is 79.9. The summed E-state index contributed by atoms with van der Waals surface area (Å²) in [5, 5.41) is 3.29. The molecule has 3 amide bonds. The number of nitrogens with one attached hydrogen (secondary N) is 1. The lowest BCUT2D eigenvalue weighted by Crippen LogP contribution is -2.54. The van der Waals surface area contributed by atoms with Crippen LogP contribution in [0.1, 0.15) is 37.7 Å². The summed E-state index contributed by atoms with van der Waals surface area (Å²) in [6, 6.07) is 7.81. The molecular weight excluding hydrogens is 358 g/mol. The molecule has 3 N–H and O–H groups in total. The number of benzene rings is 1. The minimum Gasteiger partial charge on any atom is -0.351 e.